The SMILES string of the molecule is C[C@H](Nc1ncnc2nc[nH]c12)c1nc2ccccc2c(=O)n1-c1c(F)cccc1F.Cc1ccccc1-n1c(Cn2cnc3c(N)ncnc32)nc2cccc(C)c2c1=O.Cc1ccccc1-n1c(Cn2cnc3c(N)ncnc32)nc2cccc(C)c2c1=O.Cc1ccccc1-n1c(Cn2cnc3c(N)ncnc32)nc2cccc(C)c2c1=O. The van der Waals surface area contributed by atoms with Crippen molar-refractivity contribution in [3.63, 3.8) is 0 Å². The zero-order chi connectivity index (χ0) is 84.0. The predicted octanol–water partition coefficient (Wildman–Crippen LogP) is 11.8. The highest BCUT2D eigenvalue weighted by Gasteiger charge is 2.26. The first-order valence-corrected chi connectivity index (χ1v) is 38.0. The number of imidazole rings is 4. The fraction of sp³-hybridized carbons (Fsp3) is 0.126. The molecule has 20 aromatic rings. The zero-order valence-electron chi connectivity index (χ0n) is 65.9. The summed E-state index contributed by atoms with van der Waals surface area (Å²) in [6.07, 6.45) is 12.0. The number of benzene rings is 8. The van der Waals surface area contributed by atoms with E-state index < -0.39 is 28.9 Å². The molecule has 34 heteroatoms. The average Bonchev–Trinajstić information content (AvgIpc) is 1.61. The van der Waals surface area contributed by atoms with Crippen LogP contribution in [0, 0.1) is 53.2 Å². The molecule has 1 atom stereocenters. The van der Waals surface area contributed by atoms with E-state index in [9.17, 15) is 28.0 Å². The number of nitrogens with zero attached hydrogens (tertiary/aromatic N) is 23. The predicted molar refractivity (Wildman–Crippen MR) is 458 cm³/mol. The van der Waals surface area contributed by atoms with E-state index in [0.29, 0.717) is 143 Å². The van der Waals surface area contributed by atoms with E-state index in [2.05, 4.69) is 75.1 Å². The first-order valence-electron chi connectivity index (χ1n) is 38.0. The van der Waals surface area contributed by atoms with Crippen LogP contribution in [0.2, 0.25) is 0 Å². The number of aryl methyl sites for hydroxylation is 6. The quantitative estimate of drug-likeness (QED) is 0.0715. The molecule has 0 aliphatic heterocycles. The molecule has 0 saturated carbocycles. The van der Waals surface area contributed by atoms with Crippen LogP contribution < -0.4 is 44.8 Å². The van der Waals surface area contributed by atoms with Crippen molar-refractivity contribution >= 4 is 112 Å². The van der Waals surface area contributed by atoms with E-state index in [0.717, 1.165) is 67.1 Å². The van der Waals surface area contributed by atoms with Crippen LogP contribution in [-0.4, -0.2) is 117 Å². The average molecular weight is 1610 g/mol. The maximum atomic E-state index is 14.7. The van der Waals surface area contributed by atoms with Crippen LogP contribution in [0.15, 0.2) is 240 Å². The van der Waals surface area contributed by atoms with Gasteiger partial charge in [-0.05, 0) is 143 Å². The molecule has 0 fully saturated rings. The number of nitrogens with two attached hydrogens (primary N) is 3. The standard InChI is InChI=1S/3C22H19N7O.C21H15F2N7O/c3*1-13-6-3-4-9-16(13)29-17(27-15-8-5-7-14(2)18(15)22(29)30)10-28-12-26-19-20(23)24-11-25-21(19)28;1-11(28-19-16-18(25-9-24-16)26-10-27-19)20-29-15-8-3-2-5-12(15)21(31)30(20)17-13(22)6-4-7-14(17)23/h3*3-9,11-12H,10H2,1-2H3,(H2,23,24,25);2-11H,1H3,(H2,24,25,26,27,28)/t;;;11-/m...0/s1. The molecule has 121 heavy (non-hydrogen) atoms. The second kappa shape index (κ2) is 32.0. The summed E-state index contributed by atoms with van der Waals surface area (Å²) in [4.78, 5) is 126. The van der Waals surface area contributed by atoms with Crippen LogP contribution in [0.5, 0.6) is 0 Å². The Hall–Kier alpha value is -16.4. The monoisotopic (exact) mass is 1610 g/mol. The Morgan fingerprint density at radius 3 is 1.16 bits per heavy atom. The van der Waals surface area contributed by atoms with Gasteiger partial charge in [-0.2, -0.15) is 0 Å². The molecule has 0 unspecified atom stereocenters. The van der Waals surface area contributed by atoms with Crippen molar-refractivity contribution in [2.45, 2.75) is 74.1 Å². The highest BCUT2D eigenvalue weighted by Crippen LogP contribution is 2.30. The van der Waals surface area contributed by atoms with Gasteiger partial charge in [-0.3, -0.25) is 37.4 Å². The van der Waals surface area contributed by atoms with Crippen LogP contribution in [0.4, 0.5) is 32.1 Å². The molecule has 0 bridgehead atoms. The van der Waals surface area contributed by atoms with Gasteiger partial charge in [0, 0.05) is 0 Å². The minimum atomic E-state index is -0.870. The number of fused-ring (bicyclic) bond motifs is 8. The van der Waals surface area contributed by atoms with Crippen LogP contribution in [0.25, 0.3) is 111 Å². The van der Waals surface area contributed by atoms with Gasteiger partial charge in [0.2, 0.25) is 0 Å². The van der Waals surface area contributed by atoms with Crippen molar-refractivity contribution in [2.75, 3.05) is 22.5 Å². The third-order valence-corrected chi connectivity index (χ3v) is 20.7. The first kappa shape index (κ1) is 77.2. The fourth-order valence-corrected chi connectivity index (χ4v) is 14.8. The Bertz CT molecular complexity index is 7200. The van der Waals surface area contributed by atoms with Gasteiger partial charge in [0.1, 0.15) is 88.0 Å². The number of hydrogen-bond donors (Lipinski definition) is 5. The molecule has 20 rings (SSSR count). The number of aromatic amines is 1. The van der Waals surface area contributed by atoms with Gasteiger partial charge in [0.15, 0.2) is 45.9 Å². The van der Waals surface area contributed by atoms with Crippen LogP contribution >= 0.6 is 0 Å². The summed E-state index contributed by atoms with van der Waals surface area (Å²) >= 11 is 0. The van der Waals surface area contributed by atoms with E-state index in [4.69, 9.17) is 32.2 Å². The molecule has 0 spiro atoms. The molecule has 8 N–H and O–H groups in total. The number of nitrogens with one attached hydrogen (secondary N) is 2. The van der Waals surface area contributed by atoms with E-state index in [1.807, 2.05) is 183 Å². The van der Waals surface area contributed by atoms with E-state index >= 15 is 0 Å². The smallest absolute Gasteiger partial charge is 0.266 e. The maximum Gasteiger partial charge on any atom is 0.266 e. The van der Waals surface area contributed by atoms with E-state index in [-0.39, 0.29) is 27.9 Å². The van der Waals surface area contributed by atoms with Crippen molar-refractivity contribution in [3.05, 3.63) is 330 Å². The van der Waals surface area contributed by atoms with Gasteiger partial charge in [0.25, 0.3) is 22.2 Å². The van der Waals surface area contributed by atoms with Crippen molar-refractivity contribution in [1.29, 1.82) is 0 Å². The summed E-state index contributed by atoms with van der Waals surface area (Å²) in [5.41, 5.74) is 31.2. The second-order valence-corrected chi connectivity index (χ2v) is 28.6. The van der Waals surface area contributed by atoms with Crippen molar-refractivity contribution in [3.8, 4) is 22.7 Å². The van der Waals surface area contributed by atoms with Crippen molar-refractivity contribution < 1.29 is 8.78 Å². The Morgan fingerprint density at radius 1 is 0.380 bits per heavy atom. The molecule has 12 heterocycles. The number of hydrogen-bond acceptors (Lipinski definition) is 24. The molecule has 0 aliphatic carbocycles. The molecule has 0 aliphatic rings. The van der Waals surface area contributed by atoms with E-state index in [1.54, 1.807) is 63.9 Å². The lowest BCUT2D eigenvalue weighted by Gasteiger charge is -2.20. The number of rotatable bonds is 13. The number of nitrogen functional groups attached to an aromatic ring is 3. The summed E-state index contributed by atoms with van der Waals surface area (Å²) < 4.78 is 40.8. The van der Waals surface area contributed by atoms with Crippen LogP contribution in [0.3, 0.4) is 0 Å². The third-order valence-electron chi connectivity index (χ3n) is 20.7. The summed E-state index contributed by atoms with van der Waals surface area (Å²) in [5.74, 6) is 1.51. The normalized spacial score (nSPS) is 11.6. The lowest BCUT2D eigenvalue weighted by molar-refractivity contribution is 0.558. The molecular formula is C87H72F2N28O4. The highest BCUT2D eigenvalue weighted by atomic mass is 19.1. The maximum absolute atomic E-state index is 14.7. The molecule has 0 amide bonds. The lowest BCUT2D eigenvalue weighted by Crippen LogP contribution is -2.28. The Morgan fingerprint density at radius 2 is 0.744 bits per heavy atom. The van der Waals surface area contributed by atoms with Gasteiger partial charge in [-0.15, -0.1) is 0 Å². The third kappa shape index (κ3) is 14.4. The molecule has 598 valence electrons. The largest absolute Gasteiger partial charge is 0.382 e. The zero-order valence-corrected chi connectivity index (χ0v) is 65.9. The lowest BCUT2D eigenvalue weighted by atomic mass is 10.1. The summed E-state index contributed by atoms with van der Waals surface area (Å²) in [5, 5.41) is 5.24. The molecule has 0 radical (unpaired) electrons. The number of aromatic nitrogens is 24. The Kier molecular flexibility index (Phi) is 20.4. The summed E-state index contributed by atoms with van der Waals surface area (Å²) in [6.45, 7) is 14.4. The number of H-pyrrole nitrogens is 1. The molecule has 32 nitrogen and oxygen atoms in total. The number of halogens is 2. The summed E-state index contributed by atoms with van der Waals surface area (Å²) in [6, 6.07) is 49.9. The van der Waals surface area contributed by atoms with Crippen molar-refractivity contribution in [2.24, 2.45) is 0 Å². The molecular weight excluding hydrogens is 1540 g/mol. The van der Waals surface area contributed by atoms with Crippen LogP contribution in [0.1, 0.15) is 69.6 Å². The topological polar surface area (TPSA) is 415 Å². The number of para-hydroxylation sites is 5. The minimum absolute atomic E-state index is 0.0963. The van der Waals surface area contributed by atoms with E-state index in [1.165, 1.54) is 37.7 Å². The Balaban J connectivity index is 0.000000115. The minimum Gasteiger partial charge on any atom is -0.382 e. The van der Waals surface area contributed by atoms with Crippen molar-refractivity contribution in [1.82, 2.24) is 117 Å². The van der Waals surface area contributed by atoms with Gasteiger partial charge in [-0.1, -0.05) is 109 Å². The number of anilines is 4. The molecule has 8 aromatic carbocycles. The summed E-state index contributed by atoms with van der Waals surface area (Å²) in [7, 11) is 0. The first-order chi connectivity index (χ1) is 58.7. The van der Waals surface area contributed by atoms with Gasteiger partial charge >= 0.3 is 0 Å². The van der Waals surface area contributed by atoms with Gasteiger partial charge < -0.3 is 41.2 Å². The van der Waals surface area contributed by atoms with Gasteiger partial charge in [0.05, 0.1) is 112 Å². The fourth-order valence-electron chi connectivity index (χ4n) is 14.8. The molecule has 0 saturated heterocycles. The highest BCUT2D eigenvalue weighted by molar-refractivity contribution is 5.87. The van der Waals surface area contributed by atoms with Gasteiger partial charge in [-0.25, -0.2) is 88.5 Å². The van der Waals surface area contributed by atoms with Crippen LogP contribution in [-0.2, 0) is 19.6 Å². The second-order valence-electron chi connectivity index (χ2n) is 28.6. The molecule has 12 aromatic heterocycles. The Labute approximate surface area is 683 Å².